The molecule has 0 fully saturated rings. The minimum atomic E-state index is 0.597. The van der Waals surface area contributed by atoms with Crippen LogP contribution in [0.1, 0.15) is 19.3 Å². The number of rotatable bonds is 7. The highest BCUT2D eigenvalue weighted by Gasteiger charge is 2.15. The third-order valence-electron chi connectivity index (χ3n) is 3.66. The van der Waals surface area contributed by atoms with Gasteiger partial charge in [-0.15, -0.1) is 10.2 Å². The molecule has 0 radical (unpaired) electrons. The smallest absolute Gasteiger partial charge is 0.196 e. The van der Waals surface area contributed by atoms with Crippen molar-refractivity contribution < 1.29 is 0 Å². The molecule has 126 valence electrons. The molecule has 0 amide bonds. The highest BCUT2D eigenvalue weighted by atomic mass is 35.5. The summed E-state index contributed by atoms with van der Waals surface area (Å²) < 4.78 is 2.06. The first kappa shape index (κ1) is 17.5. The van der Waals surface area contributed by atoms with E-state index in [-0.39, 0.29) is 0 Å². The molecule has 0 aliphatic carbocycles. The molecule has 0 atom stereocenters. The summed E-state index contributed by atoms with van der Waals surface area (Å²) >= 11 is 7.69. The predicted molar refractivity (Wildman–Crippen MR) is 102 cm³/mol. The first-order valence-electron chi connectivity index (χ1n) is 8.06. The van der Waals surface area contributed by atoms with Gasteiger partial charge in [-0.1, -0.05) is 53.7 Å². The molecule has 3 aromatic rings. The molecule has 0 saturated carbocycles. The fourth-order valence-corrected chi connectivity index (χ4v) is 3.51. The number of hydrogen-bond donors (Lipinski definition) is 0. The second kappa shape index (κ2) is 8.70. The maximum atomic E-state index is 8.63. The van der Waals surface area contributed by atoms with Gasteiger partial charge < -0.3 is 0 Å². The van der Waals surface area contributed by atoms with Crippen LogP contribution in [-0.2, 0) is 0 Å². The summed E-state index contributed by atoms with van der Waals surface area (Å²) in [5.41, 5.74) is 1.99. The monoisotopic (exact) mass is 368 g/mol. The van der Waals surface area contributed by atoms with E-state index in [1.54, 1.807) is 11.8 Å². The SMILES string of the molecule is N#CCCCCSc1nnc(-c2ccccc2)n1-c1ccc(Cl)cc1. The van der Waals surface area contributed by atoms with Gasteiger partial charge in [0.2, 0.25) is 0 Å². The molecule has 4 nitrogen and oxygen atoms in total. The van der Waals surface area contributed by atoms with Gasteiger partial charge in [-0.05, 0) is 37.1 Å². The summed E-state index contributed by atoms with van der Waals surface area (Å²) in [5.74, 6) is 1.71. The van der Waals surface area contributed by atoms with Crippen LogP contribution in [0, 0.1) is 11.3 Å². The molecule has 0 unspecified atom stereocenters. The average Bonchev–Trinajstić information content (AvgIpc) is 3.07. The fraction of sp³-hybridized carbons (Fsp3) is 0.211. The van der Waals surface area contributed by atoms with Crippen LogP contribution in [-0.4, -0.2) is 20.5 Å². The number of thioether (sulfide) groups is 1. The topological polar surface area (TPSA) is 54.5 Å². The Balaban J connectivity index is 1.91. The van der Waals surface area contributed by atoms with Gasteiger partial charge in [0.1, 0.15) is 0 Å². The Morgan fingerprint density at radius 2 is 1.76 bits per heavy atom. The molecule has 0 aliphatic rings. The number of nitrogens with zero attached hydrogens (tertiary/aromatic N) is 4. The van der Waals surface area contributed by atoms with Crippen LogP contribution in [0.15, 0.2) is 59.8 Å². The van der Waals surface area contributed by atoms with Gasteiger partial charge in [0.25, 0.3) is 0 Å². The van der Waals surface area contributed by atoms with E-state index >= 15 is 0 Å². The number of hydrogen-bond acceptors (Lipinski definition) is 4. The molecular formula is C19H17ClN4S. The molecule has 0 saturated heterocycles. The summed E-state index contributed by atoms with van der Waals surface area (Å²) in [4.78, 5) is 0. The van der Waals surface area contributed by atoms with Gasteiger partial charge in [-0.25, -0.2) is 0 Å². The van der Waals surface area contributed by atoms with Crippen molar-refractivity contribution in [3.05, 3.63) is 59.6 Å². The van der Waals surface area contributed by atoms with Crippen molar-refractivity contribution in [2.24, 2.45) is 0 Å². The second-order valence-corrected chi connectivity index (χ2v) is 6.95. The van der Waals surface area contributed by atoms with Gasteiger partial charge in [-0.2, -0.15) is 5.26 Å². The zero-order chi connectivity index (χ0) is 17.5. The molecule has 1 heterocycles. The van der Waals surface area contributed by atoms with Crippen LogP contribution in [0.5, 0.6) is 0 Å². The minimum Gasteiger partial charge on any atom is -0.270 e. The maximum Gasteiger partial charge on any atom is 0.196 e. The minimum absolute atomic E-state index is 0.597. The third kappa shape index (κ3) is 4.41. The average molecular weight is 369 g/mol. The molecular weight excluding hydrogens is 352 g/mol. The van der Waals surface area contributed by atoms with Crippen LogP contribution in [0.2, 0.25) is 5.02 Å². The summed E-state index contributed by atoms with van der Waals surface area (Å²) in [6.45, 7) is 0. The van der Waals surface area contributed by atoms with Crippen LogP contribution in [0.4, 0.5) is 0 Å². The number of benzene rings is 2. The molecule has 0 bridgehead atoms. The standard InChI is InChI=1S/C19H17ClN4S/c20-16-9-11-17(12-10-16)24-18(15-7-3-1-4-8-15)22-23-19(24)25-14-6-2-5-13-21/h1,3-4,7-12H,2,5-6,14H2. The molecule has 25 heavy (non-hydrogen) atoms. The van der Waals surface area contributed by atoms with E-state index in [9.17, 15) is 0 Å². The second-order valence-electron chi connectivity index (χ2n) is 5.45. The molecule has 1 aromatic heterocycles. The Kier molecular flexibility index (Phi) is 6.10. The molecule has 3 rings (SSSR count). The molecule has 6 heteroatoms. The van der Waals surface area contributed by atoms with E-state index in [2.05, 4.69) is 20.8 Å². The predicted octanol–water partition coefficient (Wildman–Crippen LogP) is 5.37. The van der Waals surface area contributed by atoms with E-state index in [0.29, 0.717) is 11.4 Å². The zero-order valence-corrected chi connectivity index (χ0v) is 15.2. The van der Waals surface area contributed by atoms with Crippen molar-refractivity contribution >= 4 is 23.4 Å². The van der Waals surface area contributed by atoms with E-state index in [4.69, 9.17) is 16.9 Å². The first-order valence-corrected chi connectivity index (χ1v) is 9.42. The molecule has 0 aliphatic heterocycles. The summed E-state index contributed by atoms with van der Waals surface area (Å²) in [6, 6.07) is 19.9. The van der Waals surface area contributed by atoms with Crippen LogP contribution in [0.25, 0.3) is 17.1 Å². The number of unbranched alkanes of at least 4 members (excludes halogenated alkanes) is 2. The molecule has 2 aromatic carbocycles. The number of halogens is 1. The number of nitriles is 1. The lowest BCUT2D eigenvalue weighted by molar-refractivity contribution is 0.823. The normalized spacial score (nSPS) is 10.6. The lowest BCUT2D eigenvalue weighted by atomic mass is 10.2. The Bertz CT molecular complexity index is 853. The quantitative estimate of drug-likeness (QED) is 0.415. The van der Waals surface area contributed by atoms with Gasteiger partial charge in [0.05, 0.1) is 6.07 Å². The number of aromatic nitrogens is 3. The van der Waals surface area contributed by atoms with Crippen molar-refractivity contribution in [1.82, 2.24) is 14.8 Å². The highest BCUT2D eigenvalue weighted by molar-refractivity contribution is 7.99. The Morgan fingerprint density at radius 3 is 2.48 bits per heavy atom. The van der Waals surface area contributed by atoms with Crippen molar-refractivity contribution in [2.75, 3.05) is 5.75 Å². The lowest BCUT2D eigenvalue weighted by Gasteiger charge is -2.10. The van der Waals surface area contributed by atoms with Crippen molar-refractivity contribution in [3.63, 3.8) is 0 Å². The van der Waals surface area contributed by atoms with Gasteiger partial charge in [0.15, 0.2) is 11.0 Å². The fourth-order valence-electron chi connectivity index (χ4n) is 2.43. The summed E-state index contributed by atoms with van der Waals surface area (Å²) in [5, 5.41) is 19.0. The lowest BCUT2D eigenvalue weighted by Crippen LogP contribution is -2.00. The van der Waals surface area contributed by atoms with Crippen LogP contribution >= 0.6 is 23.4 Å². The molecule has 0 N–H and O–H groups in total. The highest BCUT2D eigenvalue weighted by Crippen LogP contribution is 2.29. The summed E-state index contributed by atoms with van der Waals surface area (Å²) in [7, 11) is 0. The van der Waals surface area contributed by atoms with E-state index < -0.39 is 0 Å². The van der Waals surface area contributed by atoms with Crippen LogP contribution in [0.3, 0.4) is 0 Å². The Morgan fingerprint density at radius 1 is 1.00 bits per heavy atom. The van der Waals surface area contributed by atoms with Crippen molar-refractivity contribution in [1.29, 1.82) is 5.26 Å². The van der Waals surface area contributed by atoms with Gasteiger partial charge in [-0.3, -0.25) is 4.57 Å². The maximum absolute atomic E-state index is 8.63. The summed E-state index contributed by atoms with van der Waals surface area (Å²) in [6.07, 6.45) is 2.48. The molecule has 0 spiro atoms. The first-order chi connectivity index (χ1) is 12.3. The largest absolute Gasteiger partial charge is 0.270 e. The van der Waals surface area contributed by atoms with E-state index in [1.807, 2.05) is 54.6 Å². The Labute approximate surface area is 156 Å². The van der Waals surface area contributed by atoms with Crippen LogP contribution < -0.4 is 0 Å². The van der Waals surface area contributed by atoms with Crippen molar-refractivity contribution in [3.8, 4) is 23.1 Å². The zero-order valence-electron chi connectivity index (χ0n) is 13.6. The third-order valence-corrected chi connectivity index (χ3v) is 4.93. The van der Waals surface area contributed by atoms with E-state index in [0.717, 1.165) is 40.8 Å². The van der Waals surface area contributed by atoms with Gasteiger partial charge >= 0.3 is 0 Å². The Hall–Kier alpha value is -2.29. The van der Waals surface area contributed by atoms with E-state index in [1.165, 1.54) is 0 Å². The van der Waals surface area contributed by atoms with Crippen molar-refractivity contribution in [2.45, 2.75) is 24.4 Å². The van der Waals surface area contributed by atoms with Gasteiger partial charge in [0, 0.05) is 28.4 Å².